The lowest BCUT2D eigenvalue weighted by Gasteiger charge is -2.13. The molecule has 1 aromatic carbocycles. The first kappa shape index (κ1) is 12.5. The largest absolute Gasteiger partial charge is 0.331 e. The molecule has 6 heteroatoms. The maximum absolute atomic E-state index is 11.7. The Morgan fingerprint density at radius 3 is 2.67 bits per heavy atom. The van der Waals surface area contributed by atoms with Crippen molar-refractivity contribution in [3.8, 4) is 0 Å². The Bertz CT molecular complexity index is 526. The number of carbonyl (C=O) groups excluding carboxylic acids is 1. The number of aryl methyl sites for hydroxylation is 1. The third kappa shape index (κ3) is 3.27. The van der Waals surface area contributed by atoms with Crippen LogP contribution in [0.25, 0.3) is 0 Å². The molecule has 0 radical (unpaired) electrons. The van der Waals surface area contributed by atoms with Gasteiger partial charge in [0.1, 0.15) is 5.82 Å². The van der Waals surface area contributed by atoms with E-state index in [1.807, 2.05) is 37.3 Å². The number of carbonyl (C=O) groups is 1. The SMILES string of the molecule is Cc1nsc(NC(=O)NC(C)c2ccccc2)n1. The fourth-order valence-corrected chi connectivity index (χ4v) is 2.07. The van der Waals surface area contributed by atoms with Crippen molar-refractivity contribution in [3.05, 3.63) is 41.7 Å². The van der Waals surface area contributed by atoms with E-state index in [0.29, 0.717) is 11.0 Å². The van der Waals surface area contributed by atoms with Gasteiger partial charge >= 0.3 is 6.03 Å². The quantitative estimate of drug-likeness (QED) is 0.893. The van der Waals surface area contributed by atoms with Crippen molar-refractivity contribution in [2.75, 3.05) is 5.32 Å². The van der Waals surface area contributed by atoms with E-state index in [2.05, 4.69) is 20.0 Å². The van der Waals surface area contributed by atoms with Crippen LogP contribution >= 0.6 is 11.5 Å². The van der Waals surface area contributed by atoms with Gasteiger partial charge in [-0.3, -0.25) is 5.32 Å². The summed E-state index contributed by atoms with van der Waals surface area (Å²) in [5, 5.41) is 6.01. The lowest BCUT2D eigenvalue weighted by Crippen LogP contribution is -2.31. The van der Waals surface area contributed by atoms with Gasteiger partial charge in [-0.15, -0.1) is 0 Å². The summed E-state index contributed by atoms with van der Waals surface area (Å²) in [4.78, 5) is 15.8. The van der Waals surface area contributed by atoms with Gasteiger partial charge in [0.05, 0.1) is 6.04 Å². The molecule has 0 saturated carbocycles. The second-order valence-electron chi connectivity index (χ2n) is 3.88. The van der Waals surface area contributed by atoms with Crippen LogP contribution in [0, 0.1) is 6.92 Å². The van der Waals surface area contributed by atoms with E-state index in [9.17, 15) is 4.79 Å². The van der Waals surface area contributed by atoms with Crippen molar-refractivity contribution in [2.45, 2.75) is 19.9 Å². The first-order valence-electron chi connectivity index (χ1n) is 5.58. The molecule has 1 heterocycles. The summed E-state index contributed by atoms with van der Waals surface area (Å²) in [6, 6.07) is 9.45. The predicted octanol–water partition coefficient (Wildman–Crippen LogP) is 2.73. The Labute approximate surface area is 109 Å². The Morgan fingerprint density at radius 2 is 2.06 bits per heavy atom. The maximum Gasteiger partial charge on any atom is 0.321 e. The summed E-state index contributed by atoms with van der Waals surface area (Å²) in [6.45, 7) is 3.71. The molecule has 0 spiro atoms. The molecule has 5 nitrogen and oxygen atoms in total. The summed E-state index contributed by atoms with van der Waals surface area (Å²) in [7, 11) is 0. The second-order valence-corrected chi connectivity index (χ2v) is 4.63. The van der Waals surface area contributed by atoms with Crippen LogP contribution in [0.5, 0.6) is 0 Å². The number of nitrogens with zero attached hydrogens (tertiary/aromatic N) is 2. The zero-order valence-corrected chi connectivity index (χ0v) is 11.0. The highest BCUT2D eigenvalue weighted by atomic mass is 32.1. The highest BCUT2D eigenvalue weighted by Gasteiger charge is 2.10. The number of nitrogens with one attached hydrogen (secondary N) is 2. The standard InChI is InChI=1S/C12H14N4OS/c1-8(10-6-4-3-5-7-10)13-11(17)15-12-14-9(2)16-18-12/h3-8H,1-2H3,(H2,13,14,15,16,17). The van der Waals surface area contributed by atoms with Crippen molar-refractivity contribution >= 4 is 22.7 Å². The van der Waals surface area contributed by atoms with Crippen LogP contribution in [0.4, 0.5) is 9.93 Å². The molecule has 0 bridgehead atoms. The Balaban J connectivity index is 1.92. The Kier molecular flexibility index (Phi) is 3.88. The molecule has 2 N–H and O–H groups in total. The molecule has 2 rings (SSSR count). The lowest BCUT2D eigenvalue weighted by molar-refractivity contribution is 0.249. The summed E-state index contributed by atoms with van der Waals surface area (Å²) < 4.78 is 4.00. The monoisotopic (exact) mass is 262 g/mol. The first-order chi connectivity index (χ1) is 8.65. The summed E-state index contributed by atoms with van der Waals surface area (Å²) in [5.41, 5.74) is 1.06. The highest BCUT2D eigenvalue weighted by molar-refractivity contribution is 7.09. The van der Waals surface area contributed by atoms with Crippen molar-refractivity contribution in [2.24, 2.45) is 0 Å². The van der Waals surface area contributed by atoms with Gasteiger partial charge < -0.3 is 5.32 Å². The van der Waals surface area contributed by atoms with Gasteiger partial charge in [-0.05, 0) is 19.4 Å². The van der Waals surface area contributed by atoms with E-state index in [0.717, 1.165) is 5.56 Å². The summed E-state index contributed by atoms with van der Waals surface area (Å²) in [6.07, 6.45) is 0. The van der Waals surface area contributed by atoms with Crippen LogP contribution in [-0.4, -0.2) is 15.4 Å². The molecule has 2 aromatic rings. The molecule has 2 amide bonds. The van der Waals surface area contributed by atoms with Crippen LogP contribution in [0.2, 0.25) is 0 Å². The number of aromatic nitrogens is 2. The average molecular weight is 262 g/mol. The molecule has 1 aromatic heterocycles. The molecule has 1 unspecified atom stereocenters. The van der Waals surface area contributed by atoms with Crippen molar-refractivity contribution < 1.29 is 4.79 Å². The van der Waals surface area contributed by atoms with Crippen LogP contribution in [0.3, 0.4) is 0 Å². The van der Waals surface area contributed by atoms with Crippen molar-refractivity contribution in [1.82, 2.24) is 14.7 Å². The molecular weight excluding hydrogens is 248 g/mol. The maximum atomic E-state index is 11.7. The average Bonchev–Trinajstić information content (AvgIpc) is 2.75. The zero-order chi connectivity index (χ0) is 13.0. The number of amides is 2. The number of anilines is 1. The summed E-state index contributed by atoms with van der Waals surface area (Å²) in [5.74, 6) is 0.659. The zero-order valence-electron chi connectivity index (χ0n) is 10.2. The lowest BCUT2D eigenvalue weighted by atomic mass is 10.1. The van der Waals surface area contributed by atoms with E-state index in [1.54, 1.807) is 6.92 Å². The third-order valence-electron chi connectivity index (χ3n) is 2.40. The Morgan fingerprint density at radius 1 is 1.33 bits per heavy atom. The first-order valence-corrected chi connectivity index (χ1v) is 6.35. The minimum Gasteiger partial charge on any atom is -0.331 e. The fourth-order valence-electron chi connectivity index (χ4n) is 1.50. The van der Waals surface area contributed by atoms with Crippen LogP contribution in [0.15, 0.2) is 30.3 Å². The van der Waals surface area contributed by atoms with E-state index in [4.69, 9.17) is 0 Å². The number of rotatable bonds is 3. The molecule has 0 fully saturated rings. The number of urea groups is 1. The van der Waals surface area contributed by atoms with Crippen LogP contribution in [-0.2, 0) is 0 Å². The molecule has 0 aliphatic carbocycles. The van der Waals surface area contributed by atoms with Gasteiger partial charge in [0, 0.05) is 11.5 Å². The van der Waals surface area contributed by atoms with Gasteiger partial charge in [-0.1, -0.05) is 30.3 Å². The van der Waals surface area contributed by atoms with Crippen molar-refractivity contribution in [3.63, 3.8) is 0 Å². The predicted molar refractivity (Wildman–Crippen MR) is 71.7 cm³/mol. The normalized spacial score (nSPS) is 11.9. The van der Waals surface area contributed by atoms with Gasteiger partial charge in [-0.25, -0.2) is 9.78 Å². The number of hydrogen-bond donors (Lipinski definition) is 2. The topological polar surface area (TPSA) is 66.9 Å². The van der Waals surface area contributed by atoms with E-state index in [-0.39, 0.29) is 12.1 Å². The second kappa shape index (κ2) is 5.59. The highest BCUT2D eigenvalue weighted by Crippen LogP contribution is 2.13. The fraction of sp³-hybridized carbons (Fsp3) is 0.250. The van der Waals surface area contributed by atoms with Crippen molar-refractivity contribution in [1.29, 1.82) is 0 Å². The van der Waals surface area contributed by atoms with Gasteiger partial charge in [0.15, 0.2) is 0 Å². The molecule has 1 atom stereocenters. The molecule has 0 aliphatic rings. The number of benzene rings is 1. The van der Waals surface area contributed by atoms with Gasteiger partial charge in [0.2, 0.25) is 5.13 Å². The van der Waals surface area contributed by atoms with E-state index in [1.165, 1.54) is 11.5 Å². The van der Waals surface area contributed by atoms with Gasteiger partial charge in [-0.2, -0.15) is 4.37 Å². The third-order valence-corrected chi connectivity index (χ3v) is 3.12. The minimum absolute atomic E-state index is 0.0554. The molecule has 94 valence electrons. The molecule has 0 aliphatic heterocycles. The smallest absolute Gasteiger partial charge is 0.321 e. The van der Waals surface area contributed by atoms with E-state index < -0.39 is 0 Å². The summed E-state index contributed by atoms with van der Waals surface area (Å²) >= 11 is 1.17. The molecular formula is C12H14N4OS. The minimum atomic E-state index is -0.275. The number of hydrogen-bond acceptors (Lipinski definition) is 4. The Hall–Kier alpha value is -1.95. The van der Waals surface area contributed by atoms with Crippen LogP contribution < -0.4 is 10.6 Å². The van der Waals surface area contributed by atoms with E-state index >= 15 is 0 Å². The molecule has 18 heavy (non-hydrogen) atoms. The molecule has 0 saturated heterocycles. The van der Waals surface area contributed by atoms with Gasteiger partial charge in [0.25, 0.3) is 0 Å². The van der Waals surface area contributed by atoms with Crippen LogP contribution in [0.1, 0.15) is 24.4 Å².